The van der Waals surface area contributed by atoms with Gasteiger partial charge in [-0.2, -0.15) is 0 Å². The second-order valence-corrected chi connectivity index (χ2v) is 3.18. The van der Waals surface area contributed by atoms with E-state index >= 15 is 0 Å². The van der Waals surface area contributed by atoms with E-state index in [0.29, 0.717) is 0 Å². The van der Waals surface area contributed by atoms with Gasteiger partial charge in [0, 0.05) is 6.42 Å². The number of fused-ring (bicyclic) bond motifs is 1. The fraction of sp³-hybridized carbons (Fsp3) is 0.294. The minimum atomic E-state index is 0.818. The van der Waals surface area contributed by atoms with Gasteiger partial charge < -0.3 is 4.74 Å². The first-order valence-corrected chi connectivity index (χ1v) is 6.59. The second-order valence-electron chi connectivity index (χ2n) is 3.18. The highest BCUT2D eigenvalue weighted by Gasteiger charge is 2.14. The Morgan fingerprint density at radius 2 is 1.61 bits per heavy atom. The Bertz CT molecular complexity index is 374. The van der Waals surface area contributed by atoms with Crippen LogP contribution in [0.4, 0.5) is 0 Å². The van der Waals surface area contributed by atoms with Gasteiger partial charge in [0.15, 0.2) is 0 Å². The molecule has 18 heavy (non-hydrogen) atoms. The van der Waals surface area contributed by atoms with Crippen LogP contribution >= 0.6 is 0 Å². The molecule has 0 fully saturated rings. The lowest BCUT2D eigenvalue weighted by Crippen LogP contribution is -2.07. The molecule has 1 heteroatoms. The van der Waals surface area contributed by atoms with Crippen LogP contribution in [-0.4, -0.2) is 0 Å². The van der Waals surface area contributed by atoms with Crippen molar-refractivity contribution in [2.45, 2.75) is 34.1 Å². The highest BCUT2D eigenvalue weighted by Crippen LogP contribution is 2.30. The van der Waals surface area contributed by atoms with Gasteiger partial charge >= 0.3 is 0 Å². The minimum absolute atomic E-state index is 0.818. The van der Waals surface area contributed by atoms with E-state index in [9.17, 15) is 0 Å². The van der Waals surface area contributed by atoms with E-state index in [1.54, 1.807) is 6.08 Å². The maximum Gasteiger partial charge on any atom is 0.130 e. The molecule has 0 aliphatic carbocycles. The van der Waals surface area contributed by atoms with Crippen molar-refractivity contribution < 1.29 is 4.74 Å². The maximum atomic E-state index is 5.67. The summed E-state index contributed by atoms with van der Waals surface area (Å²) in [6.45, 7) is 15.5. The van der Waals surface area contributed by atoms with Crippen LogP contribution in [-0.2, 0) is 6.42 Å². The quantitative estimate of drug-likeness (QED) is 0.686. The molecule has 98 valence electrons. The van der Waals surface area contributed by atoms with Gasteiger partial charge in [-0.05, 0) is 23.3 Å². The number of ether oxygens (including phenoxy) is 1. The van der Waals surface area contributed by atoms with Crippen LogP contribution in [0, 0.1) is 0 Å². The number of hydrogen-bond donors (Lipinski definition) is 0. The van der Waals surface area contributed by atoms with Gasteiger partial charge in [0.05, 0.1) is 0 Å². The third-order valence-electron chi connectivity index (χ3n) is 2.32. The zero-order valence-electron chi connectivity index (χ0n) is 12.0. The van der Waals surface area contributed by atoms with Crippen molar-refractivity contribution >= 4 is 0 Å². The molecule has 2 rings (SSSR count). The summed E-state index contributed by atoms with van der Waals surface area (Å²) in [5.41, 5.74) is 2.30. The van der Waals surface area contributed by atoms with Crippen molar-refractivity contribution in [2.75, 3.05) is 0 Å². The van der Waals surface area contributed by atoms with Crippen molar-refractivity contribution in [3.05, 3.63) is 66.5 Å². The Kier molecular flexibility index (Phi) is 8.38. The Morgan fingerprint density at radius 1 is 1.00 bits per heavy atom. The van der Waals surface area contributed by atoms with Gasteiger partial charge in [0.1, 0.15) is 11.5 Å². The van der Waals surface area contributed by atoms with E-state index in [1.165, 1.54) is 5.56 Å². The molecule has 0 saturated heterocycles. The molecule has 0 spiro atoms. The number of rotatable bonds is 2. The van der Waals surface area contributed by atoms with Crippen LogP contribution in [0.1, 0.15) is 33.3 Å². The van der Waals surface area contributed by atoms with Crippen LogP contribution in [0.3, 0.4) is 0 Å². The predicted octanol–water partition coefficient (Wildman–Crippen LogP) is 5.30. The van der Waals surface area contributed by atoms with E-state index in [2.05, 4.69) is 19.2 Å². The van der Waals surface area contributed by atoms with E-state index in [1.807, 2.05) is 52.0 Å². The molecule has 0 amide bonds. The molecule has 0 atom stereocenters. The molecule has 0 bridgehead atoms. The van der Waals surface area contributed by atoms with Crippen molar-refractivity contribution in [3.63, 3.8) is 0 Å². The summed E-state index contributed by atoms with van der Waals surface area (Å²) in [6.07, 6.45) is 4.43. The zero-order chi connectivity index (χ0) is 14.0. The number of benzene rings is 1. The smallest absolute Gasteiger partial charge is 0.130 e. The molecule has 1 aliphatic rings. The third-order valence-corrected chi connectivity index (χ3v) is 2.32. The summed E-state index contributed by atoms with van der Waals surface area (Å²) in [7, 11) is 0. The first kappa shape index (κ1) is 16.2. The van der Waals surface area contributed by atoms with Crippen molar-refractivity contribution in [3.8, 4) is 5.75 Å². The average molecular weight is 244 g/mol. The Balaban J connectivity index is 0.000000659. The Hall–Kier alpha value is -1.76. The van der Waals surface area contributed by atoms with Crippen LogP contribution < -0.4 is 4.74 Å². The van der Waals surface area contributed by atoms with Gasteiger partial charge in [-0.25, -0.2) is 0 Å². The fourth-order valence-electron chi connectivity index (χ4n) is 1.57. The third kappa shape index (κ3) is 3.92. The molecule has 0 N–H and O–H groups in total. The number of allylic oxidation sites excluding steroid dienone is 3. The molecule has 1 heterocycles. The van der Waals surface area contributed by atoms with Gasteiger partial charge in [-0.1, -0.05) is 65.1 Å². The van der Waals surface area contributed by atoms with Crippen LogP contribution in [0.25, 0.3) is 0 Å². The van der Waals surface area contributed by atoms with E-state index in [4.69, 9.17) is 4.74 Å². The molecule has 1 nitrogen and oxygen atoms in total. The molecule has 1 aromatic carbocycles. The summed E-state index contributed by atoms with van der Waals surface area (Å²) in [4.78, 5) is 0. The van der Waals surface area contributed by atoms with E-state index < -0.39 is 0 Å². The molecular weight excluding hydrogens is 220 g/mol. The maximum absolute atomic E-state index is 5.67. The van der Waals surface area contributed by atoms with Gasteiger partial charge in [-0.15, -0.1) is 0 Å². The Labute approximate surface area is 111 Å². The van der Waals surface area contributed by atoms with Crippen LogP contribution in [0.5, 0.6) is 5.75 Å². The lowest BCUT2D eigenvalue weighted by molar-refractivity contribution is 0.423. The molecule has 1 aliphatic heterocycles. The van der Waals surface area contributed by atoms with Gasteiger partial charge in [0.2, 0.25) is 0 Å². The molecule has 1 aromatic rings. The monoisotopic (exact) mass is 244 g/mol. The standard InChI is InChI=1S/C13H12O.2C2H6/c1-3-10-9-11-7-5-6-8-13(11)14-12(10)4-2;2*1-2/h3-8H,1-2,9H2;2*1-2H3. The molecule has 0 unspecified atom stereocenters. The topological polar surface area (TPSA) is 9.23 Å². The van der Waals surface area contributed by atoms with E-state index in [0.717, 1.165) is 23.5 Å². The van der Waals surface area contributed by atoms with Crippen molar-refractivity contribution in [1.82, 2.24) is 0 Å². The lowest BCUT2D eigenvalue weighted by atomic mass is 10.0. The highest BCUT2D eigenvalue weighted by molar-refractivity contribution is 5.46. The summed E-state index contributed by atoms with van der Waals surface area (Å²) in [5, 5.41) is 0. The average Bonchev–Trinajstić information content (AvgIpc) is 2.49. The summed E-state index contributed by atoms with van der Waals surface area (Å²) in [6, 6.07) is 8.03. The number of hydrogen-bond acceptors (Lipinski definition) is 1. The lowest BCUT2D eigenvalue weighted by Gasteiger charge is -2.19. The van der Waals surface area contributed by atoms with Crippen molar-refractivity contribution in [1.29, 1.82) is 0 Å². The highest BCUT2D eigenvalue weighted by atomic mass is 16.5. The largest absolute Gasteiger partial charge is 0.457 e. The van der Waals surface area contributed by atoms with Crippen LogP contribution in [0.15, 0.2) is 60.9 Å². The summed E-state index contributed by atoms with van der Waals surface area (Å²) >= 11 is 0. The summed E-state index contributed by atoms with van der Waals surface area (Å²) < 4.78 is 5.67. The molecule has 0 saturated carbocycles. The molecule has 0 aromatic heterocycles. The predicted molar refractivity (Wildman–Crippen MR) is 80.9 cm³/mol. The molecular formula is C17H24O. The first-order valence-electron chi connectivity index (χ1n) is 6.59. The van der Waals surface area contributed by atoms with E-state index in [-0.39, 0.29) is 0 Å². The first-order chi connectivity index (χ1) is 8.85. The summed E-state index contributed by atoms with van der Waals surface area (Å²) in [5.74, 6) is 1.74. The minimum Gasteiger partial charge on any atom is -0.457 e. The fourth-order valence-corrected chi connectivity index (χ4v) is 1.57. The van der Waals surface area contributed by atoms with Gasteiger partial charge in [0.25, 0.3) is 0 Å². The Morgan fingerprint density at radius 3 is 2.17 bits per heavy atom. The van der Waals surface area contributed by atoms with Gasteiger partial charge in [-0.3, -0.25) is 0 Å². The van der Waals surface area contributed by atoms with Crippen LogP contribution in [0.2, 0.25) is 0 Å². The van der Waals surface area contributed by atoms with Crippen molar-refractivity contribution in [2.24, 2.45) is 0 Å². The second kappa shape index (κ2) is 9.29. The molecule has 0 radical (unpaired) electrons. The SMILES string of the molecule is C=CC1=C(C=C)Oc2ccccc2C1.CC.CC. The zero-order valence-corrected chi connectivity index (χ0v) is 12.0. The number of para-hydroxylation sites is 1. The normalized spacial score (nSPS) is 11.8.